The van der Waals surface area contributed by atoms with Crippen molar-refractivity contribution in [2.75, 3.05) is 13.7 Å². The molecule has 1 rings (SSSR count). The van der Waals surface area contributed by atoms with Crippen LogP contribution in [-0.4, -0.2) is 32.0 Å². The third kappa shape index (κ3) is 4.75. The molecule has 1 amide bonds. The summed E-state index contributed by atoms with van der Waals surface area (Å²) >= 11 is 0. The molecule has 0 aliphatic carbocycles. The molecule has 0 unspecified atom stereocenters. The Morgan fingerprint density at radius 1 is 1.40 bits per heavy atom. The summed E-state index contributed by atoms with van der Waals surface area (Å²) < 4.78 is 40.6. The van der Waals surface area contributed by atoms with Gasteiger partial charge in [0.25, 0.3) is 5.91 Å². The fourth-order valence-corrected chi connectivity index (χ4v) is 1.38. The predicted octanol–water partition coefficient (Wildman–Crippen LogP) is 2.36. The molecule has 1 aromatic rings. The Bertz CT molecular complexity index is 524. The van der Waals surface area contributed by atoms with Gasteiger partial charge in [-0.15, -0.1) is 0 Å². The molecule has 0 heterocycles. The van der Waals surface area contributed by atoms with Gasteiger partial charge < -0.3 is 10.1 Å². The first kappa shape index (κ1) is 15.7. The number of hydrogen-bond acceptors (Lipinski definition) is 3. The average Bonchev–Trinajstić information content (AvgIpc) is 2.41. The maximum absolute atomic E-state index is 11.9. The third-order valence-electron chi connectivity index (χ3n) is 2.27. The summed E-state index contributed by atoms with van der Waals surface area (Å²) in [7, 11) is 1.44. The van der Waals surface area contributed by atoms with Crippen molar-refractivity contribution in [3.8, 4) is 5.75 Å². The number of hydrogen-bond donors (Lipinski definition) is 1. The fraction of sp³-hybridized carbons (Fsp3) is 0.231. The third-order valence-corrected chi connectivity index (χ3v) is 2.27. The molecule has 1 N–H and O–H groups in total. The average molecular weight is 287 g/mol. The normalized spacial score (nSPS) is 11.4. The number of carbonyl (C=O) groups excluding carboxylic acids is 2. The van der Waals surface area contributed by atoms with E-state index in [2.05, 4.69) is 5.32 Å². The zero-order chi connectivity index (χ0) is 15.2. The van der Waals surface area contributed by atoms with Crippen LogP contribution in [0.15, 0.2) is 30.4 Å². The SMILES string of the molecule is CNC(=O)c1ccc(OC/C=C/C(F)(F)F)c(C=O)c1. The molecule has 1 aromatic carbocycles. The predicted molar refractivity (Wildman–Crippen MR) is 65.9 cm³/mol. The fourth-order valence-electron chi connectivity index (χ4n) is 1.38. The van der Waals surface area contributed by atoms with Crippen molar-refractivity contribution in [2.45, 2.75) is 6.18 Å². The van der Waals surface area contributed by atoms with Crippen LogP contribution in [0.4, 0.5) is 13.2 Å². The molecule has 0 spiro atoms. The van der Waals surface area contributed by atoms with Crippen molar-refractivity contribution in [2.24, 2.45) is 0 Å². The Morgan fingerprint density at radius 2 is 2.10 bits per heavy atom. The largest absolute Gasteiger partial charge is 0.489 e. The van der Waals surface area contributed by atoms with Gasteiger partial charge in [-0.25, -0.2) is 0 Å². The second-order valence-electron chi connectivity index (χ2n) is 3.70. The summed E-state index contributed by atoms with van der Waals surface area (Å²) in [6, 6.07) is 4.07. The Morgan fingerprint density at radius 3 is 2.65 bits per heavy atom. The molecule has 108 valence electrons. The highest BCUT2D eigenvalue weighted by Gasteiger charge is 2.21. The number of allylic oxidation sites excluding steroid dienone is 1. The van der Waals surface area contributed by atoms with E-state index in [0.29, 0.717) is 6.29 Å². The first-order valence-corrected chi connectivity index (χ1v) is 5.56. The lowest BCUT2D eigenvalue weighted by Crippen LogP contribution is -2.18. The minimum Gasteiger partial charge on any atom is -0.489 e. The minimum atomic E-state index is -4.40. The first-order chi connectivity index (χ1) is 9.37. The zero-order valence-electron chi connectivity index (χ0n) is 10.5. The minimum absolute atomic E-state index is 0.0481. The Kier molecular flexibility index (Phi) is 5.31. The zero-order valence-corrected chi connectivity index (χ0v) is 10.5. The highest BCUT2D eigenvalue weighted by Crippen LogP contribution is 2.19. The van der Waals surface area contributed by atoms with Crippen LogP contribution in [0.5, 0.6) is 5.75 Å². The van der Waals surface area contributed by atoms with E-state index in [-0.39, 0.29) is 35.5 Å². The number of benzene rings is 1. The van der Waals surface area contributed by atoms with E-state index in [1.807, 2.05) is 0 Å². The topological polar surface area (TPSA) is 55.4 Å². The van der Waals surface area contributed by atoms with Crippen molar-refractivity contribution < 1.29 is 27.5 Å². The number of amides is 1. The first-order valence-electron chi connectivity index (χ1n) is 5.56. The molecule has 0 fully saturated rings. The molecule has 0 saturated heterocycles. The van der Waals surface area contributed by atoms with Gasteiger partial charge in [0.2, 0.25) is 0 Å². The van der Waals surface area contributed by atoms with Crippen molar-refractivity contribution in [1.29, 1.82) is 0 Å². The van der Waals surface area contributed by atoms with E-state index in [1.54, 1.807) is 0 Å². The quantitative estimate of drug-likeness (QED) is 0.668. The summed E-state index contributed by atoms with van der Waals surface area (Å²) in [5.74, 6) is -0.268. The maximum Gasteiger partial charge on any atom is 0.409 e. The van der Waals surface area contributed by atoms with E-state index in [0.717, 1.165) is 6.08 Å². The number of nitrogens with one attached hydrogen (secondary N) is 1. The number of halogens is 3. The van der Waals surface area contributed by atoms with E-state index in [9.17, 15) is 22.8 Å². The molecule has 7 heteroatoms. The summed E-state index contributed by atoms with van der Waals surface area (Å²) in [6.07, 6.45) is -3.09. The van der Waals surface area contributed by atoms with Crippen LogP contribution >= 0.6 is 0 Å². The Hall–Kier alpha value is -2.31. The second kappa shape index (κ2) is 6.74. The van der Waals surface area contributed by atoms with Crippen LogP contribution in [0.2, 0.25) is 0 Å². The standard InChI is InChI=1S/C13H12F3NO3/c1-17-12(19)9-3-4-11(10(7-9)8-18)20-6-2-5-13(14,15)16/h2-5,7-8H,6H2,1H3,(H,17,19)/b5-2+. The molecule has 0 atom stereocenters. The summed E-state index contributed by atoms with van der Waals surface area (Å²) in [5, 5.41) is 2.39. The molecular weight excluding hydrogens is 275 g/mol. The summed E-state index contributed by atoms with van der Waals surface area (Å²) in [5.41, 5.74) is 0.347. The van der Waals surface area contributed by atoms with Gasteiger partial charge >= 0.3 is 6.18 Å². The maximum atomic E-state index is 11.9. The van der Waals surface area contributed by atoms with Gasteiger partial charge in [-0.3, -0.25) is 9.59 Å². The van der Waals surface area contributed by atoms with E-state index >= 15 is 0 Å². The van der Waals surface area contributed by atoms with Crippen LogP contribution < -0.4 is 10.1 Å². The number of alkyl halides is 3. The lowest BCUT2D eigenvalue weighted by molar-refractivity contribution is -0.0801. The highest BCUT2D eigenvalue weighted by molar-refractivity contribution is 5.96. The summed E-state index contributed by atoms with van der Waals surface area (Å²) in [4.78, 5) is 22.2. The molecule has 0 saturated carbocycles. The van der Waals surface area contributed by atoms with Gasteiger partial charge in [0.05, 0.1) is 5.56 Å². The molecular formula is C13H12F3NO3. The molecule has 0 aliphatic rings. The second-order valence-corrected chi connectivity index (χ2v) is 3.70. The van der Waals surface area contributed by atoms with Crippen molar-refractivity contribution in [3.05, 3.63) is 41.5 Å². The van der Waals surface area contributed by atoms with Crippen molar-refractivity contribution >= 4 is 12.2 Å². The molecule has 0 bridgehead atoms. The van der Waals surface area contributed by atoms with Crippen LogP contribution in [-0.2, 0) is 0 Å². The highest BCUT2D eigenvalue weighted by atomic mass is 19.4. The Balaban J connectivity index is 2.78. The molecule has 0 aromatic heterocycles. The number of aldehydes is 1. The van der Waals surface area contributed by atoms with E-state index in [4.69, 9.17) is 4.74 Å². The van der Waals surface area contributed by atoms with Crippen LogP contribution in [0.25, 0.3) is 0 Å². The summed E-state index contributed by atoms with van der Waals surface area (Å²) in [6.45, 7) is -0.334. The smallest absolute Gasteiger partial charge is 0.409 e. The van der Waals surface area contributed by atoms with Gasteiger partial charge in [-0.1, -0.05) is 0 Å². The van der Waals surface area contributed by atoms with Gasteiger partial charge in [-0.05, 0) is 24.3 Å². The Labute approximate surface area is 113 Å². The molecule has 0 aliphatic heterocycles. The molecule has 4 nitrogen and oxygen atoms in total. The lowest BCUT2D eigenvalue weighted by atomic mass is 10.1. The van der Waals surface area contributed by atoms with Gasteiger partial charge in [-0.2, -0.15) is 13.2 Å². The van der Waals surface area contributed by atoms with E-state index < -0.39 is 6.18 Å². The number of rotatable bonds is 5. The van der Waals surface area contributed by atoms with Gasteiger partial charge in [0.15, 0.2) is 6.29 Å². The molecule has 0 radical (unpaired) electrons. The van der Waals surface area contributed by atoms with Gasteiger partial charge in [0.1, 0.15) is 12.4 Å². The van der Waals surface area contributed by atoms with E-state index in [1.165, 1.54) is 25.2 Å². The van der Waals surface area contributed by atoms with Gasteiger partial charge in [0, 0.05) is 18.7 Å². The van der Waals surface area contributed by atoms with Crippen LogP contribution in [0, 0.1) is 0 Å². The van der Waals surface area contributed by atoms with Crippen LogP contribution in [0.1, 0.15) is 20.7 Å². The van der Waals surface area contributed by atoms with Crippen molar-refractivity contribution in [1.82, 2.24) is 5.32 Å². The molecule has 20 heavy (non-hydrogen) atoms. The number of carbonyl (C=O) groups is 2. The lowest BCUT2D eigenvalue weighted by Gasteiger charge is -2.08. The van der Waals surface area contributed by atoms with Crippen molar-refractivity contribution in [3.63, 3.8) is 0 Å². The number of ether oxygens (including phenoxy) is 1. The van der Waals surface area contributed by atoms with Crippen LogP contribution in [0.3, 0.4) is 0 Å². The monoisotopic (exact) mass is 287 g/mol.